The number of nitro benzene ring substituents is 1. The monoisotopic (exact) mass is 259 g/mol. The lowest BCUT2D eigenvalue weighted by atomic mass is 10.2. The molecule has 3 nitrogen and oxygen atoms in total. The summed E-state index contributed by atoms with van der Waals surface area (Å²) in [7, 11) is 0. The molecule has 1 rings (SSSR count). The van der Waals surface area contributed by atoms with Gasteiger partial charge in [-0.1, -0.05) is 24.8 Å². The minimum Gasteiger partial charge on any atom is -0.258 e. The van der Waals surface area contributed by atoms with Gasteiger partial charge >= 0.3 is 5.25 Å². The number of benzene rings is 1. The average Bonchev–Trinajstić information content (AvgIpc) is 2.27. The third-order valence-corrected chi connectivity index (χ3v) is 2.72. The van der Waals surface area contributed by atoms with Crippen LogP contribution in [0.2, 0.25) is 0 Å². The lowest BCUT2D eigenvalue weighted by molar-refractivity contribution is -0.384. The summed E-state index contributed by atoms with van der Waals surface area (Å²) in [5, 5.41) is 7.47. The highest BCUT2D eigenvalue weighted by Crippen LogP contribution is 2.30. The van der Waals surface area contributed by atoms with Crippen LogP contribution in [-0.2, 0) is 0 Å². The zero-order valence-electron chi connectivity index (χ0n) is 9.10. The van der Waals surface area contributed by atoms with Crippen molar-refractivity contribution in [1.82, 2.24) is 0 Å². The molecule has 0 aliphatic carbocycles. The molecule has 0 fully saturated rings. The third-order valence-electron chi connectivity index (χ3n) is 1.91. The fourth-order valence-electron chi connectivity index (χ4n) is 1.14. The Labute approximate surface area is 102 Å². The van der Waals surface area contributed by atoms with E-state index in [1.807, 2.05) is 0 Å². The largest absolute Gasteiger partial charge is 0.312 e. The molecule has 0 radical (unpaired) electrons. The number of non-ortho nitro benzene ring substituents is 1. The van der Waals surface area contributed by atoms with Gasteiger partial charge in [0, 0.05) is 12.1 Å². The van der Waals surface area contributed by atoms with Crippen LogP contribution in [0, 0.1) is 10.1 Å². The van der Waals surface area contributed by atoms with Crippen molar-refractivity contribution in [2.45, 2.75) is 12.2 Å². The molecule has 0 unspecified atom stereocenters. The molecule has 0 atom stereocenters. The van der Waals surface area contributed by atoms with Crippen LogP contribution in [0.4, 0.5) is 14.5 Å². The van der Waals surface area contributed by atoms with Crippen molar-refractivity contribution in [3.05, 3.63) is 46.0 Å². The van der Waals surface area contributed by atoms with Gasteiger partial charge in [-0.05, 0) is 29.5 Å². The summed E-state index contributed by atoms with van der Waals surface area (Å²) in [6.07, 6.45) is 2.05. The lowest BCUT2D eigenvalue weighted by Crippen LogP contribution is -2.05. The number of nitro groups is 1. The first-order valence-electron chi connectivity index (χ1n) is 4.90. The number of halogens is 2. The minimum absolute atomic E-state index is 0.0585. The van der Waals surface area contributed by atoms with E-state index in [1.54, 1.807) is 6.92 Å². The van der Waals surface area contributed by atoms with Crippen LogP contribution >= 0.6 is 11.8 Å². The van der Waals surface area contributed by atoms with E-state index in [-0.39, 0.29) is 5.69 Å². The van der Waals surface area contributed by atoms with Gasteiger partial charge in [-0.3, -0.25) is 10.1 Å². The Morgan fingerprint density at radius 2 is 2.00 bits per heavy atom. The van der Waals surface area contributed by atoms with E-state index >= 15 is 0 Å². The topological polar surface area (TPSA) is 43.1 Å². The number of nitrogens with zero attached hydrogens (tertiary/aromatic N) is 1. The van der Waals surface area contributed by atoms with Crippen LogP contribution in [0.3, 0.4) is 0 Å². The van der Waals surface area contributed by atoms with Crippen LogP contribution in [0.15, 0.2) is 30.3 Å². The number of thioether (sulfide) groups is 1. The van der Waals surface area contributed by atoms with Crippen molar-refractivity contribution in [1.29, 1.82) is 0 Å². The molecule has 0 amide bonds. The molecule has 17 heavy (non-hydrogen) atoms. The van der Waals surface area contributed by atoms with Crippen molar-refractivity contribution in [3.8, 4) is 0 Å². The normalized spacial score (nSPS) is 11.9. The number of alkyl halides is 2. The molecule has 0 N–H and O–H groups in total. The number of rotatable bonds is 5. The molecule has 0 aromatic heterocycles. The minimum atomic E-state index is -2.91. The summed E-state index contributed by atoms with van der Waals surface area (Å²) in [5.41, 5.74) is 0.448. The Kier molecular flexibility index (Phi) is 4.62. The van der Waals surface area contributed by atoms with Crippen molar-refractivity contribution in [3.63, 3.8) is 0 Å². The smallest absolute Gasteiger partial charge is 0.258 e. The first-order valence-corrected chi connectivity index (χ1v) is 5.88. The summed E-state index contributed by atoms with van der Waals surface area (Å²) >= 11 is 0.532. The summed E-state index contributed by atoms with van der Waals surface area (Å²) in [5.74, 6) is 0.317. The van der Waals surface area contributed by atoms with Gasteiger partial charge in [0.05, 0.1) is 4.92 Å². The van der Waals surface area contributed by atoms with Gasteiger partial charge in [0.2, 0.25) is 0 Å². The quantitative estimate of drug-likeness (QED) is 0.594. The van der Waals surface area contributed by atoms with E-state index in [4.69, 9.17) is 0 Å². The van der Waals surface area contributed by atoms with Crippen LogP contribution < -0.4 is 0 Å². The predicted octanol–water partition coefficient (Wildman–Crippen LogP) is 3.95. The second kappa shape index (κ2) is 5.77. The molecule has 92 valence electrons. The maximum Gasteiger partial charge on any atom is 0.312 e. The Morgan fingerprint density at radius 3 is 2.47 bits per heavy atom. The summed E-state index contributed by atoms with van der Waals surface area (Å²) in [6.45, 7) is 1.65. The van der Waals surface area contributed by atoms with Crippen molar-refractivity contribution < 1.29 is 13.7 Å². The van der Waals surface area contributed by atoms with Gasteiger partial charge in [-0.15, -0.1) is 0 Å². The van der Waals surface area contributed by atoms with Gasteiger partial charge < -0.3 is 0 Å². The molecule has 1 aromatic carbocycles. The number of hydrogen-bond acceptors (Lipinski definition) is 3. The molecule has 0 aliphatic rings. The van der Waals surface area contributed by atoms with E-state index in [9.17, 15) is 18.9 Å². The van der Waals surface area contributed by atoms with E-state index in [1.165, 1.54) is 30.3 Å². The van der Waals surface area contributed by atoms with Crippen LogP contribution in [-0.4, -0.2) is 15.9 Å². The third kappa shape index (κ3) is 4.52. The first kappa shape index (κ1) is 13.6. The molecule has 0 heterocycles. The lowest BCUT2D eigenvalue weighted by Gasteiger charge is -2.08. The van der Waals surface area contributed by atoms with Crippen molar-refractivity contribution in [2.24, 2.45) is 0 Å². The number of hydrogen-bond donors (Lipinski definition) is 0. The summed E-state index contributed by atoms with van der Waals surface area (Å²) < 4.78 is 26.2. The van der Waals surface area contributed by atoms with Gasteiger partial charge in [0.1, 0.15) is 0 Å². The molecule has 0 saturated carbocycles. The predicted molar refractivity (Wildman–Crippen MR) is 65.2 cm³/mol. The van der Waals surface area contributed by atoms with E-state index in [0.29, 0.717) is 23.1 Å². The van der Waals surface area contributed by atoms with Gasteiger partial charge in [0.25, 0.3) is 5.69 Å². The zero-order chi connectivity index (χ0) is 12.9. The van der Waals surface area contributed by atoms with Gasteiger partial charge in [-0.2, -0.15) is 8.78 Å². The summed E-state index contributed by atoms with van der Waals surface area (Å²) in [4.78, 5) is 9.85. The molecular formula is C11H11F2NO2S. The van der Waals surface area contributed by atoms with Gasteiger partial charge in [0.15, 0.2) is 0 Å². The summed E-state index contributed by atoms with van der Waals surface area (Å²) in [6, 6.07) is 5.43. The fourth-order valence-corrected chi connectivity index (χ4v) is 1.69. The SMILES string of the molecule is CCSC(F)(F)/C=C/c1ccc([N+](=O)[O-])cc1. The molecule has 0 aliphatic heterocycles. The fraction of sp³-hybridized carbons (Fsp3) is 0.273. The molecule has 6 heteroatoms. The maximum absolute atomic E-state index is 13.1. The Morgan fingerprint density at radius 1 is 1.41 bits per heavy atom. The van der Waals surface area contributed by atoms with Gasteiger partial charge in [-0.25, -0.2) is 0 Å². The maximum atomic E-state index is 13.1. The van der Waals surface area contributed by atoms with E-state index in [2.05, 4.69) is 0 Å². The molecule has 0 saturated heterocycles. The van der Waals surface area contributed by atoms with Crippen LogP contribution in [0.5, 0.6) is 0 Å². The second-order valence-electron chi connectivity index (χ2n) is 3.18. The van der Waals surface area contributed by atoms with E-state index < -0.39 is 10.2 Å². The molecule has 0 bridgehead atoms. The average molecular weight is 259 g/mol. The highest BCUT2D eigenvalue weighted by Gasteiger charge is 2.23. The Balaban J connectivity index is 2.75. The second-order valence-corrected chi connectivity index (χ2v) is 4.59. The Hall–Kier alpha value is -1.43. The highest BCUT2D eigenvalue weighted by molar-refractivity contribution is 8.00. The standard InChI is InChI=1S/C11H11F2NO2S/c1-2-17-11(12,13)8-7-9-3-5-10(6-4-9)14(15)16/h3-8H,2H2,1H3/b8-7+. The van der Waals surface area contributed by atoms with Crippen molar-refractivity contribution >= 4 is 23.5 Å². The van der Waals surface area contributed by atoms with E-state index in [0.717, 1.165) is 6.08 Å². The molecule has 0 spiro atoms. The highest BCUT2D eigenvalue weighted by atomic mass is 32.2. The first-order chi connectivity index (χ1) is 7.94. The zero-order valence-corrected chi connectivity index (χ0v) is 9.92. The van der Waals surface area contributed by atoms with Crippen LogP contribution in [0.25, 0.3) is 6.08 Å². The van der Waals surface area contributed by atoms with Crippen LogP contribution in [0.1, 0.15) is 12.5 Å². The van der Waals surface area contributed by atoms with Crippen molar-refractivity contribution in [2.75, 3.05) is 5.75 Å². The molecular weight excluding hydrogens is 248 g/mol. The Bertz CT molecular complexity index is 418. The molecule has 1 aromatic rings.